The van der Waals surface area contributed by atoms with Gasteiger partial charge in [0.1, 0.15) is 9.84 Å². The number of sulfone groups is 1. The van der Waals surface area contributed by atoms with Gasteiger partial charge in [0.25, 0.3) is 0 Å². The second-order valence-corrected chi connectivity index (χ2v) is 7.43. The maximum absolute atomic E-state index is 11.4. The molecule has 1 saturated carbocycles. The molecule has 0 spiro atoms. The Bertz CT molecular complexity index is 321. The predicted octanol–water partition coefficient (Wildman–Crippen LogP) is 1.49. The van der Waals surface area contributed by atoms with Gasteiger partial charge in [-0.15, -0.1) is 0 Å². The molecule has 1 unspecified atom stereocenters. The molecule has 0 aromatic rings. The van der Waals surface area contributed by atoms with Gasteiger partial charge in [-0.1, -0.05) is 19.8 Å². The first-order valence-electron chi connectivity index (χ1n) is 6.47. The van der Waals surface area contributed by atoms with Crippen molar-refractivity contribution in [2.75, 3.05) is 18.6 Å². The van der Waals surface area contributed by atoms with Crippen LogP contribution in [0.4, 0.5) is 0 Å². The van der Waals surface area contributed by atoms with E-state index in [2.05, 4.69) is 0 Å². The molecule has 0 amide bonds. The maximum atomic E-state index is 11.4. The zero-order valence-electron chi connectivity index (χ0n) is 10.9. The third-order valence-electron chi connectivity index (χ3n) is 3.94. The van der Waals surface area contributed by atoms with E-state index in [4.69, 9.17) is 10.5 Å². The van der Waals surface area contributed by atoms with E-state index in [1.165, 1.54) is 0 Å². The Morgan fingerprint density at radius 3 is 2.41 bits per heavy atom. The van der Waals surface area contributed by atoms with Gasteiger partial charge in [0.15, 0.2) is 0 Å². The van der Waals surface area contributed by atoms with Gasteiger partial charge in [-0.25, -0.2) is 8.42 Å². The Labute approximate surface area is 105 Å². The van der Waals surface area contributed by atoms with E-state index in [1.54, 1.807) is 14.0 Å². The molecule has 0 aromatic heterocycles. The molecule has 0 radical (unpaired) electrons. The topological polar surface area (TPSA) is 69.4 Å². The molecular formula is C12H25NO3S. The van der Waals surface area contributed by atoms with Gasteiger partial charge in [0.2, 0.25) is 0 Å². The number of methoxy groups -OCH3 is 1. The van der Waals surface area contributed by atoms with Crippen molar-refractivity contribution in [2.45, 2.75) is 57.1 Å². The Morgan fingerprint density at radius 1 is 1.35 bits per heavy atom. The summed E-state index contributed by atoms with van der Waals surface area (Å²) in [5, 5.41) is 0. The SMILES string of the molecule is CCS(=O)(=O)CCCC(N)C1(OC)CCCC1. The van der Waals surface area contributed by atoms with Crippen molar-refractivity contribution in [2.24, 2.45) is 5.73 Å². The fourth-order valence-electron chi connectivity index (χ4n) is 2.63. The van der Waals surface area contributed by atoms with Crippen LogP contribution in [0.5, 0.6) is 0 Å². The average molecular weight is 263 g/mol. The van der Waals surface area contributed by atoms with Crippen molar-refractivity contribution < 1.29 is 13.2 Å². The summed E-state index contributed by atoms with van der Waals surface area (Å²) in [4.78, 5) is 0. The standard InChI is InChI=1S/C12H25NO3S/c1-3-17(14,15)10-6-7-11(13)12(16-2)8-4-5-9-12/h11H,3-10,13H2,1-2H3. The lowest BCUT2D eigenvalue weighted by Gasteiger charge is -2.34. The molecule has 1 rings (SSSR count). The largest absolute Gasteiger partial charge is 0.377 e. The normalized spacial score (nSPS) is 21.6. The number of rotatable bonds is 7. The second kappa shape index (κ2) is 6.16. The molecule has 17 heavy (non-hydrogen) atoms. The molecule has 5 heteroatoms. The molecule has 0 saturated heterocycles. The Morgan fingerprint density at radius 2 is 1.94 bits per heavy atom. The first-order chi connectivity index (χ1) is 7.96. The summed E-state index contributed by atoms with van der Waals surface area (Å²) in [7, 11) is -1.15. The van der Waals surface area contributed by atoms with Crippen molar-refractivity contribution in [3.63, 3.8) is 0 Å². The van der Waals surface area contributed by atoms with Crippen LogP contribution in [0.25, 0.3) is 0 Å². The summed E-state index contributed by atoms with van der Waals surface area (Å²) in [5.74, 6) is 0.467. The highest BCUT2D eigenvalue weighted by molar-refractivity contribution is 7.91. The number of hydrogen-bond acceptors (Lipinski definition) is 4. The second-order valence-electron chi connectivity index (χ2n) is 4.96. The molecule has 0 aliphatic heterocycles. The van der Waals surface area contributed by atoms with Gasteiger partial charge in [-0.05, 0) is 25.7 Å². The van der Waals surface area contributed by atoms with Gasteiger partial charge in [-0.3, -0.25) is 0 Å². The summed E-state index contributed by atoms with van der Waals surface area (Å²) in [6, 6.07) is -0.0398. The zero-order valence-corrected chi connectivity index (χ0v) is 11.8. The summed E-state index contributed by atoms with van der Waals surface area (Å²) in [6.07, 6.45) is 5.70. The highest BCUT2D eigenvalue weighted by Crippen LogP contribution is 2.36. The van der Waals surface area contributed by atoms with Crippen molar-refractivity contribution in [1.82, 2.24) is 0 Å². The molecule has 4 nitrogen and oxygen atoms in total. The van der Waals surface area contributed by atoms with Crippen LogP contribution in [-0.4, -0.2) is 38.7 Å². The number of hydrogen-bond donors (Lipinski definition) is 1. The lowest BCUT2D eigenvalue weighted by atomic mass is 9.89. The van der Waals surface area contributed by atoms with E-state index in [0.717, 1.165) is 32.1 Å². The Hall–Kier alpha value is -0.130. The molecule has 2 N–H and O–H groups in total. The number of nitrogens with two attached hydrogens (primary N) is 1. The van der Waals surface area contributed by atoms with Crippen molar-refractivity contribution >= 4 is 9.84 Å². The molecule has 0 bridgehead atoms. The maximum Gasteiger partial charge on any atom is 0.150 e. The van der Waals surface area contributed by atoms with Gasteiger partial charge in [0, 0.05) is 18.9 Å². The average Bonchev–Trinajstić information content (AvgIpc) is 2.78. The molecule has 102 valence electrons. The third-order valence-corrected chi connectivity index (χ3v) is 5.73. The minimum absolute atomic E-state index is 0.0398. The summed E-state index contributed by atoms with van der Waals surface area (Å²) < 4.78 is 28.4. The fourth-order valence-corrected chi connectivity index (χ4v) is 3.53. The van der Waals surface area contributed by atoms with Gasteiger partial charge < -0.3 is 10.5 Å². The monoisotopic (exact) mass is 263 g/mol. The van der Waals surface area contributed by atoms with Crippen molar-refractivity contribution in [3.8, 4) is 0 Å². The lowest BCUT2D eigenvalue weighted by Crippen LogP contribution is -2.47. The van der Waals surface area contributed by atoms with Crippen LogP contribution in [0.2, 0.25) is 0 Å². The first kappa shape index (κ1) is 14.9. The summed E-state index contributed by atoms with van der Waals surface area (Å²) in [5.41, 5.74) is 5.98. The first-order valence-corrected chi connectivity index (χ1v) is 8.29. The van der Waals surface area contributed by atoms with E-state index >= 15 is 0 Å². The van der Waals surface area contributed by atoms with Crippen LogP contribution in [0.1, 0.15) is 45.4 Å². The van der Waals surface area contributed by atoms with Crippen LogP contribution in [-0.2, 0) is 14.6 Å². The highest BCUT2D eigenvalue weighted by atomic mass is 32.2. The van der Waals surface area contributed by atoms with E-state index in [-0.39, 0.29) is 23.1 Å². The van der Waals surface area contributed by atoms with Crippen LogP contribution in [0, 0.1) is 0 Å². The lowest BCUT2D eigenvalue weighted by molar-refractivity contribution is -0.0275. The minimum atomic E-state index is -2.86. The van der Waals surface area contributed by atoms with Crippen molar-refractivity contribution in [3.05, 3.63) is 0 Å². The molecule has 1 aliphatic rings. The molecular weight excluding hydrogens is 238 g/mol. The van der Waals surface area contributed by atoms with Crippen molar-refractivity contribution in [1.29, 1.82) is 0 Å². The predicted molar refractivity (Wildman–Crippen MR) is 69.7 cm³/mol. The van der Waals surface area contributed by atoms with Crippen LogP contribution < -0.4 is 5.73 Å². The van der Waals surface area contributed by atoms with Gasteiger partial charge in [-0.2, -0.15) is 0 Å². The summed E-state index contributed by atoms with van der Waals surface area (Å²) in [6.45, 7) is 1.68. The third kappa shape index (κ3) is 3.93. The van der Waals surface area contributed by atoms with Crippen LogP contribution in [0.15, 0.2) is 0 Å². The molecule has 0 aromatic carbocycles. The van der Waals surface area contributed by atoms with Crippen LogP contribution in [0.3, 0.4) is 0 Å². The molecule has 1 aliphatic carbocycles. The Balaban J connectivity index is 2.41. The molecule has 0 heterocycles. The summed E-state index contributed by atoms with van der Waals surface area (Å²) >= 11 is 0. The van der Waals surface area contributed by atoms with Gasteiger partial charge >= 0.3 is 0 Å². The Kier molecular flexibility index (Phi) is 5.41. The van der Waals surface area contributed by atoms with Crippen LogP contribution >= 0.6 is 0 Å². The molecule has 1 atom stereocenters. The molecule has 1 fully saturated rings. The minimum Gasteiger partial charge on any atom is -0.377 e. The van der Waals surface area contributed by atoms with E-state index in [0.29, 0.717) is 6.42 Å². The fraction of sp³-hybridized carbons (Fsp3) is 1.00. The zero-order chi connectivity index (χ0) is 12.9. The highest BCUT2D eigenvalue weighted by Gasteiger charge is 2.39. The van der Waals surface area contributed by atoms with Gasteiger partial charge in [0.05, 0.1) is 11.4 Å². The van der Waals surface area contributed by atoms with E-state index in [9.17, 15) is 8.42 Å². The quantitative estimate of drug-likeness (QED) is 0.755. The van der Waals surface area contributed by atoms with E-state index in [1.807, 2.05) is 0 Å². The smallest absolute Gasteiger partial charge is 0.150 e. The van der Waals surface area contributed by atoms with E-state index < -0.39 is 9.84 Å². The number of ether oxygens (including phenoxy) is 1.